The van der Waals surface area contributed by atoms with Crippen molar-refractivity contribution >= 4 is 41.5 Å². The molecule has 8 N–H and O–H groups in total. The average molecular weight is 852 g/mol. The number of carboxylic acid groups (broad SMARTS) is 2. The van der Waals surface area contributed by atoms with Crippen molar-refractivity contribution in [1.82, 2.24) is 20.4 Å². The summed E-state index contributed by atoms with van der Waals surface area (Å²) in [5, 5.41) is 24.4. The predicted octanol–water partition coefficient (Wildman–Crippen LogP) is 4.40. The molecule has 3 aromatic carbocycles. The number of imide groups is 2. The molecule has 0 spiro atoms. The van der Waals surface area contributed by atoms with Gasteiger partial charge in [-0.3, -0.25) is 39.6 Å². The Hall–Kier alpha value is -5.87. The number of hydrogen-bond acceptors (Lipinski definition) is 9. The van der Waals surface area contributed by atoms with Gasteiger partial charge in [-0.1, -0.05) is 69.3 Å². The molecular weight excluding hydrogens is 798 g/mol. The lowest BCUT2D eigenvalue weighted by Gasteiger charge is -2.57. The van der Waals surface area contributed by atoms with E-state index in [1.165, 1.54) is 12.1 Å². The zero-order valence-electron chi connectivity index (χ0n) is 35.3. The molecule has 15 nitrogen and oxygen atoms in total. The lowest BCUT2D eigenvalue weighted by Crippen LogP contribution is -2.72. The van der Waals surface area contributed by atoms with Crippen LogP contribution < -0.4 is 27.0 Å². The van der Waals surface area contributed by atoms with Gasteiger partial charge in [-0.05, 0) is 105 Å². The summed E-state index contributed by atoms with van der Waals surface area (Å²) in [7, 11) is 0. The predicted molar refractivity (Wildman–Crippen MR) is 225 cm³/mol. The number of rotatable bonds is 11. The Labute approximate surface area is 359 Å². The summed E-state index contributed by atoms with van der Waals surface area (Å²) in [6, 6.07) is 19.4. The first-order valence-electron chi connectivity index (χ1n) is 21.2. The van der Waals surface area contributed by atoms with Crippen LogP contribution >= 0.6 is 0 Å². The number of fused-ring (bicyclic) bond motifs is 4. The standard InChI is InChI=1S/C46H54FN7O8/c1-26-21-34(33-13-7-19-52(33)45(38(57)50-40(59)60)29-11-5-9-27(22-29)42(45,2)24-36(48)55)54(32-17-15-31(47)16-18-32)44(26,4)35-14-8-20-53(35)46(39(58)51-41(61)62)30-12-6-10-28(23-30)43(46,3)25-37(49)56/h5-6,9-12,15-18,22-23,26,33-35H,7-8,13-14,19-21,24-25H2,1-4H3,(H2,48,55)(H2,49,56)(H,50,57)(H,51,58)(H,59,60)(H,61,62)/t26?,33?,34-,35?,42?,43?,44-,45-,46-/m1/s1. The monoisotopic (exact) mass is 851 g/mol. The number of nitrogens with one attached hydrogen (secondary N) is 2. The molecule has 3 saturated heterocycles. The fraction of sp³-hybridized carbons (Fsp3) is 0.478. The third kappa shape index (κ3) is 5.81. The number of carbonyl (C=O) groups excluding carboxylic acids is 4. The zero-order valence-corrected chi connectivity index (χ0v) is 35.3. The van der Waals surface area contributed by atoms with Crippen molar-refractivity contribution in [2.75, 3.05) is 18.0 Å². The van der Waals surface area contributed by atoms with Gasteiger partial charge in [0.25, 0.3) is 11.8 Å². The van der Waals surface area contributed by atoms with Gasteiger partial charge >= 0.3 is 12.2 Å². The number of amides is 6. The van der Waals surface area contributed by atoms with Gasteiger partial charge in [0.2, 0.25) is 11.8 Å². The maximum absolute atomic E-state index is 14.9. The highest BCUT2D eigenvalue weighted by molar-refractivity contribution is 6.01. The van der Waals surface area contributed by atoms with Gasteiger partial charge in [0.15, 0.2) is 0 Å². The van der Waals surface area contributed by atoms with E-state index in [-0.39, 0.29) is 18.8 Å². The van der Waals surface area contributed by atoms with Crippen LogP contribution in [-0.2, 0) is 41.1 Å². The Morgan fingerprint density at radius 1 is 0.694 bits per heavy atom. The van der Waals surface area contributed by atoms with Crippen LogP contribution in [0.25, 0.3) is 0 Å². The average Bonchev–Trinajstić information content (AvgIpc) is 3.99. The van der Waals surface area contributed by atoms with E-state index >= 15 is 0 Å². The second-order valence-electron chi connectivity index (χ2n) is 18.6. The highest BCUT2D eigenvalue weighted by atomic mass is 19.1. The van der Waals surface area contributed by atoms with E-state index in [1.807, 2.05) is 24.3 Å². The fourth-order valence-corrected chi connectivity index (χ4v) is 13.3. The summed E-state index contributed by atoms with van der Waals surface area (Å²) in [6.07, 6.45) is -0.643. The number of benzene rings is 3. The van der Waals surface area contributed by atoms with Crippen molar-refractivity contribution < 1.29 is 43.4 Å². The number of nitrogens with two attached hydrogens (primary N) is 2. The van der Waals surface area contributed by atoms with Crippen LogP contribution in [0.3, 0.4) is 0 Å². The third-order valence-corrected chi connectivity index (χ3v) is 15.7. The van der Waals surface area contributed by atoms with Crippen LogP contribution in [0.15, 0.2) is 72.8 Å². The second-order valence-corrected chi connectivity index (χ2v) is 18.6. The number of halogens is 1. The number of hydrogen-bond donors (Lipinski definition) is 6. The Balaban J connectivity index is 1.31. The van der Waals surface area contributed by atoms with Gasteiger partial charge < -0.3 is 26.6 Å². The minimum atomic E-state index is -1.70. The van der Waals surface area contributed by atoms with Gasteiger partial charge in [0.1, 0.15) is 16.9 Å². The Kier molecular flexibility index (Phi) is 10.3. The molecule has 0 saturated carbocycles. The summed E-state index contributed by atoms with van der Waals surface area (Å²) in [6.45, 7) is 8.55. The van der Waals surface area contributed by atoms with Crippen molar-refractivity contribution in [3.63, 3.8) is 0 Å². The van der Waals surface area contributed by atoms with Crippen molar-refractivity contribution in [3.8, 4) is 0 Å². The molecule has 4 bridgehead atoms. The highest BCUT2D eigenvalue weighted by Crippen LogP contribution is 2.61. The third-order valence-electron chi connectivity index (χ3n) is 15.7. The fourth-order valence-electron chi connectivity index (χ4n) is 13.3. The van der Waals surface area contributed by atoms with Crippen molar-refractivity contribution in [3.05, 3.63) is 101 Å². The van der Waals surface area contributed by atoms with Crippen LogP contribution in [0.1, 0.15) is 94.9 Å². The molecule has 3 aromatic rings. The smallest absolute Gasteiger partial charge is 0.411 e. The Morgan fingerprint density at radius 2 is 1.16 bits per heavy atom. The Morgan fingerprint density at radius 3 is 1.66 bits per heavy atom. The summed E-state index contributed by atoms with van der Waals surface area (Å²) in [5.41, 5.74) is 8.15. The number of nitrogens with zero attached hydrogens (tertiary/aromatic N) is 3. The first-order chi connectivity index (χ1) is 29.3. The van der Waals surface area contributed by atoms with Crippen LogP contribution in [-0.4, -0.2) is 92.6 Å². The summed E-state index contributed by atoms with van der Waals surface area (Å²) in [4.78, 5) is 86.9. The summed E-state index contributed by atoms with van der Waals surface area (Å²) < 4.78 is 14.9. The van der Waals surface area contributed by atoms with Crippen molar-refractivity contribution in [2.45, 2.75) is 118 Å². The summed E-state index contributed by atoms with van der Waals surface area (Å²) >= 11 is 0. The molecule has 3 fully saturated rings. The SMILES string of the molecule is CC1C[C@H](C2CCCN2[C@@]2(C(=O)NC(=O)O)c3cccc(c3)C2(C)CC(N)=O)N(c2ccc(F)cc2)[C@@]1(C)C1CCCN1[C@@]1(C(=O)NC(=O)O)c2cccc(c2)C1(C)CC(N)=O. The van der Waals surface area contributed by atoms with E-state index < -0.39 is 87.2 Å². The molecular formula is C46H54FN7O8. The van der Waals surface area contributed by atoms with Crippen molar-refractivity contribution in [2.24, 2.45) is 17.4 Å². The topological polar surface area (TPSA) is 229 Å². The second kappa shape index (κ2) is 14.9. The van der Waals surface area contributed by atoms with Gasteiger partial charge in [-0.2, -0.15) is 0 Å². The van der Waals surface area contributed by atoms with E-state index in [9.17, 15) is 43.4 Å². The minimum absolute atomic E-state index is 0.164. The molecule has 2 aliphatic carbocycles. The molecule has 16 heteroatoms. The molecule has 328 valence electrons. The normalized spacial score (nSPS) is 33.7. The van der Waals surface area contributed by atoms with Crippen LogP contribution in [0, 0.1) is 11.7 Å². The number of anilines is 1. The van der Waals surface area contributed by atoms with Gasteiger partial charge in [-0.15, -0.1) is 0 Å². The molecule has 0 aromatic heterocycles. The number of likely N-dealkylation sites (tertiary alicyclic amines) is 2. The first kappa shape index (κ1) is 42.8. The molecule has 62 heavy (non-hydrogen) atoms. The quantitative estimate of drug-likeness (QED) is 0.158. The molecule has 6 amide bonds. The van der Waals surface area contributed by atoms with Crippen LogP contribution in [0.4, 0.5) is 19.7 Å². The minimum Gasteiger partial charge on any atom is -0.465 e. The number of primary amides is 2. The van der Waals surface area contributed by atoms with E-state index in [2.05, 4.69) is 39.2 Å². The number of carbonyl (C=O) groups is 6. The molecule has 5 aliphatic rings. The van der Waals surface area contributed by atoms with Crippen molar-refractivity contribution in [1.29, 1.82) is 0 Å². The summed E-state index contributed by atoms with van der Waals surface area (Å²) in [5.74, 6) is -3.52. The molecule has 3 heterocycles. The molecule has 8 rings (SSSR count). The molecule has 5 unspecified atom stereocenters. The highest BCUT2D eigenvalue weighted by Gasteiger charge is 2.70. The van der Waals surface area contributed by atoms with E-state index in [0.29, 0.717) is 73.1 Å². The molecule has 9 atom stereocenters. The zero-order chi connectivity index (χ0) is 44.7. The lowest BCUT2D eigenvalue weighted by atomic mass is 9.64. The van der Waals surface area contributed by atoms with Gasteiger partial charge in [-0.25, -0.2) is 14.0 Å². The van der Waals surface area contributed by atoms with Crippen LogP contribution in [0.2, 0.25) is 0 Å². The first-order valence-corrected chi connectivity index (χ1v) is 21.2. The maximum Gasteiger partial charge on any atom is 0.411 e. The van der Waals surface area contributed by atoms with Gasteiger partial charge in [0, 0.05) is 47.5 Å². The molecule has 0 radical (unpaired) electrons. The van der Waals surface area contributed by atoms with E-state index in [4.69, 9.17) is 11.5 Å². The van der Waals surface area contributed by atoms with Crippen LogP contribution in [0.5, 0.6) is 0 Å². The van der Waals surface area contributed by atoms with E-state index in [1.54, 1.807) is 50.2 Å². The Bertz CT molecular complexity index is 2380. The molecule has 3 aliphatic heterocycles. The largest absolute Gasteiger partial charge is 0.465 e. The lowest BCUT2D eigenvalue weighted by molar-refractivity contribution is -0.143. The van der Waals surface area contributed by atoms with E-state index in [0.717, 1.165) is 0 Å². The maximum atomic E-state index is 14.9. The van der Waals surface area contributed by atoms with Gasteiger partial charge in [0.05, 0.1) is 5.54 Å².